The zero-order chi connectivity index (χ0) is 28.6. The molecule has 1 heterocycles. The minimum absolute atomic E-state index is 0.0381. The Balaban J connectivity index is 1.79. The van der Waals surface area contributed by atoms with E-state index in [2.05, 4.69) is 6.07 Å². The molecule has 5 rings (SSSR count). The fourth-order valence-corrected chi connectivity index (χ4v) is 5.73. The van der Waals surface area contributed by atoms with E-state index >= 15 is 0 Å². The molecule has 40 heavy (non-hydrogen) atoms. The van der Waals surface area contributed by atoms with Gasteiger partial charge in [0.25, 0.3) is 5.69 Å². The van der Waals surface area contributed by atoms with Crippen molar-refractivity contribution in [1.82, 2.24) is 0 Å². The van der Waals surface area contributed by atoms with Crippen molar-refractivity contribution in [2.24, 2.45) is 5.73 Å². The van der Waals surface area contributed by atoms with Crippen LogP contribution in [-0.4, -0.2) is 24.9 Å². The normalized spacial score (nSPS) is 18.8. The van der Waals surface area contributed by atoms with Gasteiger partial charge in [-0.15, -0.1) is 0 Å². The Bertz CT molecular complexity index is 1630. The number of nitriles is 1. The summed E-state index contributed by atoms with van der Waals surface area (Å²) in [7, 11) is 3.04. The average Bonchev–Trinajstić information content (AvgIpc) is 2.97. The number of nitrogens with two attached hydrogens (primary N) is 1. The van der Waals surface area contributed by atoms with Gasteiger partial charge in [0, 0.05) is 29.3 Å². The summed E-state index contributed by atoms with van der Waals surface area (Å²) in [5.41, 5.74) is 9.34. The summed E-state index contributed by atoms with van der Waals surface area (Å²) >= 11 is 6.10. The Hall–Kier alpha value is -4.81. The lowest BCUT2D eigenvalue weighted by Crippen LogP contribution is -2.40. The third-order valence-corrected chi connectivity index (χ3v) is 7.69. The third kappa shape index (κ3) is 4.52. The van der Waals surface area contributed by atoms with Crippen molar-refractivity contribution in [3.05, 3.63) is 116 Å². The second kappa shape index (κ2) is 10.8. The molecular weight excluding hydrogens is 532 g/mol. The van der Waals surface area contributed by atoms with Crippen LogP contribution >= 0.6 is 11.6 Å². The molecule has 10 heteroatoms. The number of carbonyl (C=O) groups is 1. The second-order valence-corrected chi connectivity index (χ2v) is 9.89. The molecule has 0 saturated carbocycles. The Morgan fingerprint density at radius 2 is 1.82 bits per heavy atom. The number of hydrogen-bond acceptors (Lipinski definition) is 8. The SMILES string of the molecule is COc1ccc(OC)c([C@@H]2C(C#N)=C(N)N(c3ccc(Cl)c([N+](=O)[O-])c3)C3=C2C(=O)C[C@@H](c2ccccc2)C3)c1. The standard InChI is InChI=1S/C30H25ClN4O5/c1-39-20-9-11-27(40-2)21(15-20)28-22(16-32)30(33)34(19-8-10-23(31)24(14-19)35(37)38)25-12-18(13-26(36)29(25)28)17-6-4-3-5-7-17/h3-11,14-15,18,28H,12-13,33H2,1-2H3/t18-,28+/m0/s1. The lowest BCUT2D eigenvalue weighted by Gasteiger charge is -2.41. The van der Waals surface area contributed by atoms with Crippen LogP contribution in [0.3, 0.4) is 0 Å². The first kappa shape index (κ1) is 26.8. The molecule has 2 N–H and O–H groups in total. The number of rotatable bonds is 6. The number of ether oxygens (including phenoxy) is 2. The van der Waals surface area contributed by atoms with Crippen LogP contribution in [0.1, 0.15) is 35.8 Å². The maximum absolute atomic E-state index is 14.1. The Morgan fingerprint density at radius 1 is 1.07 bits per heavy atom. The number of anilines is 1. The molecule has 0 amide bonds. The van der Waals surface area contributed by atoms with Gasteiger partial charge < -0.3 is 15.2 Å². The van der Waals surface area contributed by atoms with Crippen molar-refractivity contribution in [1.29, 1.82) is 5.26 Å². The summed E-state index contributed by atoms with van der Waals surface area (Å²) in [6.07, 6.45) is 0.628. The van der Waals surface area contributed by atoms with Crippen LogP contribution in [0.25, 0.3) is 0 Å². The lowest BCUT2D eigenvalue weighted by atomic mass is 9.71. The Morgan fingerprint density at radius 3 is 2.48 bits per heavy atom. The number of nitrogens with zero attached hydrogens (tertiary/aromatic N) is 3. The maximum Gasteiger partial charge on any atom is 0.289 e. The van der Waals surface area contributed by atoms with Crippen molar-refractivity contribution in [2.45, 2.75) is 24.7 Å². The Labute approximate surface area is 235 Å². The molecule has 3 aromatic carbocycles. The topological polar surface area (TPSA) is 132 Å². The van der Waals surface area contributed by atoms with Gasteiger partial charge in [-0.25, -0.2) is 0 Å². The zero-order valence-electron chi connectivity index (χ0n) is 21.8. The number of Topliss-reactive ketones (excluding diaryl/α,β-unsaturated/α-hetero) is 1. The maximum atomic E-state index is 14.1. The van der Waals surface area contributed by atoms with Crippen LogP contribution in [0.4, 0.5) is 11.4 Å². The van der Waals surface area contributed by atoms with E-state index in [1.54, 1.807) is 29.2 Å². The predicted octanol–water partition coefficient (Wildman–Crippen LogP) is 5.96. The van der Waals surface area contributed by atoms with Crippen LogP contribution in [0.2, 0.25) is 5.02 Å². The summed E-state index contributed by atoms with van der Waals surface area (Å²) in [5.74, 6) is -0.0935. The minimum atomic E-state index is -0.826. The molecule has 202 valence electrons. The molecular formula is C30H25ClN4O5. The van der Waals surface area contributed by atoms with Crippen molar-refractivity contribution in [3.63, 3.8) is 0 Å². The quantitative estimate of drug-likeness (QED) is 0.290. The summed E-state index contributed by atoms with van der Waals surface area (Å²) < 4.78 is 11.1. The first-order valence-electron chi connectivity index (χ1n) is 12.5. The van der Waals surface area contributed by atoms with E-state index in [1.807, 2.05) is 30.3 Å². The summed E-state index contributed by atoms with van der Waals surface area (Å²) in [6, 6.07) is 21.3. The highest BCUT2D eigenvalue weighted by Gasteiger charge is 2.44. The molecule has 0 fully saturated rings. The van der Waals surface area contributed by atoms with Gasteiger partial charge in [0.15, 0.2) is 5.78 Å². The van der Waals surface area contributed by atoms with Crippen molar-refractivity contribution in [3.8, 4) is 17.6 Å². The average molecular weight is 557 g/mol. The number of carbonyl (C=O) groups excluding carboxylic acids is 1. The molecule has 2 aliphatic rings. The third-order valence-electron chi connectivity index (χ3n) is 7.37. The van der Waals surface area contributed by atoms with Crippen LogP contribution in [0, 0.1) is 21.4 Å². The number of nitro benzene ring substituents is 1. The zero-order valence-corrected chi connectivity index (χ0v) is 22.5. The molecule has 0 aromatic heterocycles. The monoisotopic (exact) mass is 556 g/mol. The van der Waals surface area contributed by atoms with Crippen LogP contribution in [0.5, 0.6) is 11.5 Å². The van der Waals surface area contributed by atoms with E-state index in [9.17, 15) is 20.2 Å². The number of ketones is 1. The fourth-order valence-electron chi connectivity index (χ4n) is 5.54. The van der Waals surface area contributed by atoms with Crippen LogP contribution in [-0.2, 0) is 4.79 Å². The van der Waals surface area contributed by atoms with Gasteiger partial charge in [-0.05, 0) is 48.2 Å². The summed E-state index contributed by atoms with van der Waals surface area (Å²) in [4.78, 5) is 26.8. The number of nitro groups is 1. The number of allylic oxidation sites excluding steroid dienone is 3. The molecule has 1 aliphatic carbocycles. The van der Waals surface area contributed by atoms with Gasteiger partial charge in [-0.1, -0.05) is 41.9 Å². The van der Waals surface area contributed by atoms with E-state index in [1.165, 1.54) is 26.4 Å². The second-order valence-electron chi connectivity index (χ2n) is 9.48. The van der Waals surface area contributed by atoms with Gasteiger partial charge in [0.2, 0.25) is 0 Å². The molecule has 0 bridgehead atoms. The molecule has 0 unspecified atom stereocenters. The minimum Gasteiger partial charge on any atom is -0.497 e. The molecule has 3 aromatic rings. The first-order chi connectivity index (χ1) is 19.3. The molecule has 9 nitrogen and oxygen atoms in total. The smallest absolute Gasteiger partial charge is 0.289 e. The van der Waals surface area contributed by atoms with Gasteiger partial charge in [-0.3, -0.25) is 19.8 Å². The number of methoxy groups -OCH3 is 2. The van der Waals surface area contributed by atoms with Gasteiger partial charge in [0.05, 0.1) is 42.4 Å². The number of hydrogen-bond donors (Lipinski definition) is 1. The Kier molecular flexibility index (Phi) is 7.20. The first-order valence-corrected chi connectivity index (χ1v) is 12.8. The molecule has 0 radical (unpaired) electrons. The highest BCUT2D eigenvalue weighted by atomic mass is 35.5. The van der Waals surface area contributed by atoms with E-state index in [-0.39, 0.29) is 40.2 Å². The molecule has 1 aliphatic heterocycles. The molecule has 0 spiro atoms. The fraction of sp³-hybridized carbons (Fsp3) is 0.200. The van der Waals surface area contributed by atoms with E-state index in [0.29, 0.717) is 40.4 Å². The molecule has 0 saturated heterocycles. The van der Waals surface area contributed by atoms with Crippen molar-refractivity contribution in [2.75, 3.05) is 19.1 Å². The van der Waals surface area contributed by atoms with Gasteiger partial charge in [0.1, 0.15) is 22.3 Å². The van der Waals surface area contributed by atoms with E-state index < -0.39 is 10.8 Å². The van der Waals surface area contributed by atoms with Crippen LogP contribution < -0.4 is 20.1 Å². The summed E-state index contributed by atoms with van der Waals surface area (Å²) in [5, 5.41) is 22.1. The van der Waals surface area contributed by atoms with E-state index in [0.717, 1.165) is 5.56 Å². The van der Waals surface area contributed by atoms with Crippen molar-refractivity contribution < 1.29 is 19.2 Å². The van der Waals surface area contributed by atoms with Gasteiger partial charge in [-0.2, -0.15) is 5.26 Å². The predicted molar refractivity (Wildman–Crippen MR) is 150 cm³/mol. The highest BCUT2D eigenvalue weighted by Crippen LogP contribution is 2.51. The number of benzene rings is 3. The summed E-state index contributed by atoms with van der Waals surface area (Å²) in [6.45, 7) is 0. The highest BCUT2D eigenvalue weighted by molar-refractivity contribution is 6.32. The largest absolute Gasteiger partial charge is 0.497 e. The van der Waals surface area contributed by atoms with E-state index in [4.69, 9.17) is 26.8 Å². The lowest BCUT2D eigenvalue weighted by molar-refractivity contribution is -0.384. The van der Waals surface area contributed by atoms with Crippen LogP contribution in [0.15, 0.2) is 89.4 Å². The number of halogens is 1. The van der Waals surface area contributed by atoms with Gasteiger partial charge >= 0.3 is 0 Å². The van der Waals surface area contributed by atoms with Crippen molar-refractivity contribution >= 4 is 28.8 Å². The molecule has 2 atom stereocenters.